The summed E-state index contributed by atoms with van der Waals surface area (Å²) in [7, 11) is -3.50. The Bertz CT molecular complexity index is 946. The molecule has 196 valence electrons. The van der Waals surface area contributed by atoms with Gasteiger partial charge in [0.1, 0.15) is 18.2 Å². The van der Waals surface area contributed by atoms with Crippen molar-refractivity contribution in [3.8, 4) is 0 Å². The average molecular weight is 507 g/mol. The molecule has 4 N–H and O–H groups in total. The van der Waals surface area contributed by atoms with E-state index in [1.165, 1.54) is 44.9 Å². The maximum absolute atomic E-state index is 12.2. The monoisotopic (exact) mass is 506 g/mol. The van der Waals surface area contributed by atoms with Crippen LogP contribution < -0.4 is 10.8 Å². The Hall–Kier alpha value is -2.06. The second kappa shape index (κ2) is 17.4. The molecule has 1 unspecified atom stereocenters. The molecular formula is C25H43N6O3P. The van der Waals surface area contributed by atoms with E-state index >= 15 is 0 Å². The van der Waals surface area contributed by atoms with Crippen LogP contribution >= 0.6 is 7.52 Å². The molecule has 35 heavy (non-hydrogen) atoms. The van der Waals surface area contributed by atoms with Crippen LogP contribution in [0.1, 0.15) is 77.6 Å². The number of imidazole rings is 1. The van der Waals surface area contributed by atoms with Gasteiger partial charge in [0.15, 0.2) is 11.5 Å². The van der Waals surface area contributed by atoms with E-state index < -0.39 is 7.52 Å². The third kappa shape index (κ3) is 12.5. The second-order valence-electron chi connectivity index (χ2n) is 8.75. The number of anilines is 1. The highest BCUT2D eigenvalue weighted by Gasteiger charge is 2.17. The molecule has 2 heterocycles. The smallest absolute Gasteiger partial charge is 0.292 e. The van der Waals surface area contributed by atoms with Gasteiger partial charge in [-0.05, 0) is 32.1 Å². The molecule has 0 saturated heterocycles. The molecule has 0 radical (unpaired) electrons. The largest absolute Gasteiger partial charge is 0.382 e. The summed E-state index contributed by atoms with van der Waals surface area (Å²) in [5.74, 6) is 0.326. The van der Waals surface area contributed by atoms with Gasteiger partial charge in [-0.2, -0.15) is 0 Å². The van der Waals surface area contributed by atoms with Crippen molar-refractivity contribution in [3.05, 3.63) is 37.0 Å². The average Bonchev–Trinajstić information content (AvgIpc) is 3.26. The van der Waals surface area contributed by atoms with E-state index in [0.717, 1.165) is 32.1 Å². The third-order valence-corrected chi connectivity index (χ3v) is 6.91. The summed E-state index contributed by atoms with van der Waals surface area (Å²) in [4.78, 5) is 22.3. The van der Waals surface area contributed by atoms with Gasteiger partial charge in [-0.1, -0.05) is 69.8 Å². The molecule has 10 heteroatoms. The summed E-state index contributed by atoms with van der Waals surface area (Å²) in [6.45, 7) is 3.47. The van der Waals surface area contributed by atoms with E-state index in [9.17, 15) is 9.46 Å². The van der Waals surface area contributed by atoms with Crippen molar-refractivity contribution in [2.24, 2.45) is 0 Å². The molecule has 0 saturated carbocycles. The maximum Gasteiger partial charge on any atom is 0.292 e. The normalized spacial score (nSPS) is 13.9. The van der Waals surface area contributed by atoms with Crippen molar-refractivity contribution in [1.82, 2.24) is 24.6 Å². The molecule has 0 spiro atoms. The molecule has 2 aromatic rings. The van der Waals surface area contributed by atoms with Gasteiger partial charge in [-0.3, -0.25) is 4.57 Å². The minimum Gasteiger partial charge on any atom is -0.382 e. The Balaban J connectivity index is 1.43. The summed E-state index contributed by atoms with van der Waals surface area (Å²) in [5, 5.41) is 2.75. The summed E-state index contributed by atoms with van der Waals surface area (Å²) in [6, 6.07) is 0. The number of nitrogens with two attached hydrogens (primary N) is 1. The number of hydrogen-bond donors (Lipinski definition) is 3. The van der Waals surface area contributed by atoms with E-state index in [4.69, 9.17) is 10.5 Å². The molecule has 0 aliphatic heterocycles. The van der Waals surface area contributed by atoms with Crippen molar-refractivity contribution in [3.63, 3.8) is 0 Å². The molecule has 0 amide bonds. The fourth-order valence-electron chi connectivity index (χ4n) is 3.64. The van der Waals surface area contributed by atoms with Crippen molar-refractivity contribution in [2.45, 2.75) is 84.1 Å². The lowest BCUT2D eigenvalue weighted by molar-refractivity contribution is 0.158. The Labute approximate surface area is 209 Å². The highest BCUT2D eigenvalue weighted by molar-refractivity contribution is 7.55. The van der Waals surface area contributed by atoms with Crippen LogP contribution in [0.5, 0.6) is 0 Å². The molecule has 0 aliphatic rings. The number of nitrogen functional groups attached to an aromatic ring is 1. The molecule has 0 aliphatic carbocycles. The molecule has 9 nitrogen and oxygen atoms in total. The zero-order chi connectivity index (χ0) is 25.2. The molecule has 2 rings (SSSR count). The third-order valence-electron chi connectivity index (χ3n) is 5.66. The zero-order valence-corrected chi connectivity index (χ0v) is 22.0. The SMILES string of the molecule is CCCC/C=C\C/C=C\CCCCCCCCNP(=O)(O)COCCn1cnc2c(N)ncnc21. The molecular weight excluding hydrogens is 463 g/mol. The maximum atomic E-state index is 12.2. The van der Waals surface area contributed by atoms with Crippen molar-refractivity contribution < 1.29 is 14.2 Å². The van der Waals surface area contributed by atoms with Gasteiger partial charge >= 0.3 is 0 Å². The van der Waals surface area contributed by atoms with E-state index in [1.54, 1.807) is 10.9 Å². The van der Waals surface area contributed by atoms with Gasteiger partial charge in [-0.15, -0.1) is 0 Å². The van der Waals surface area contributed by atoms with E-state index in [0.29, 0.717) is 30.1 Å². The number of hydrogen-bond acceptors (Lipinski definition) is 6. The number of nitrogens with zero attached hydrogens (tertiary/aromatic N) is 4. The Kier molecular flexibility index (Phi) is 14.5. The standard InChI is InChI=1S/C25H43N6O3P/c1-2-3-4-5-6-7-8-9-10-11-12-13-14-15-16-17-30-35(32,33)22-34-19-18-31-21-29-23-24(26)27-20-28-25(23)31/h5-6,8-9,20-21H,2-4,7,10-19,22H2,1H3,(H2,26,27,28)(H2,30,32,33)/b6-5-,9-8-. The summed E-state index contributed by atoms with van der Waals surface area (Å²) in [6.07, 6.45) is 24.6. The topological polar surface area (TPSA) is 128 Å². The quantitative estimate of drug-likeness (QED) is 0.121. The van der Waals surface area contributed by atoms with E-state index in [2.05, 4.69) is 51.3 Å². The van der Waals surface area contributed by atoms with Crippen LogP contribution in [-0.4, -0.2) is 43.9 Å². The van der Waals surface area contributed by atoms with Crippen LogP contribution in [0, 0.1) is 0 Å². The zero-order valence-electron chi connectivity index (χ0n) is 21.1. The number of nitrogens with one attached hydrogen (secondary N) is 1. The number of fused-ring (bicyclic) bond motifs is 1. The van der Waals surface area contributed by atoms with Crippen LogP contribution in [0.4, 0.5) is 5.82 Å². The van der Waals surface area contributed by atoms with Gasteiger partial charge in [-0.25, -0.2) is 20.0 Å². The highest BCUT2D eigenvalue weighted by atomic mass is 31.2. The number of unbranched alkanes of at least 4 members (excludes halogenated alkanes) is 8. The molecule has 0 bridgehead atoms. The number of rotatable bonds is 20. The first kappa shape index (κ1) is 29.2. The lowest BCUT2D eigenvalue weighted by atomic mass is 10.1. The summed E-state index contributed by atoms with van der Waals surface area (Å²) in [5.41, 5.74) is 6.93. The van der Waals surface area contributed by atoms with Gasteiger partial charge in [0.05, 0.1) is 12.9 Å². The van der Waals surface area contributed by atoms with Crippen LogP contribution in [0.25, 0.3) is 11.2 Å². The van der Waals surface area contributed by atoms with Crippen molar-refractivity contribution in [1.29, 1.82) is 0 Å². The predicted octanol–water partition coefficient (Wildman–Crippen LogP) is 5.58. The first-order valence-corrected chi connectivity index (χ1v) is 14.7. The van der Waals surface area contributed by atoms with Crippen LogP contribution in [0.15, 0.2) is 37.0 Å². The minimum absolute atomic E-state index is 0.223. The summed E-state index contributed by atoms with van der Waals surface area (Å²) < 4.78 is 19.4. The van der Waals surface area contributed by atoms with Crippen molar-refractivity contribution >= 4 is 24.5 Å². The number of ether oxygens (including phenoxy) is 1. The van der Waals surface area contributed by atoms with Gasteiger partial charge in [0, 0.05) is 13.1 Å². The van der Waals surface area contributed by atoms with Crippen molar-refractivity contribution in [2.75, 3.05) is 25.2 Å². The molecule has 0 fully saturated rings. The first-order chi connectivity index (χ1) is 17.0. The second-order valence-corrected chi connectivity index (χ2v) is 10.7. The fraction of sp³-hybridized carbons (Fsp3) is 0.640. The van der Waals surface area contributed by atoms with Gasteiger partial charge < -0.3 is 19.9 Å². The first-order valence-electron chi connectivity index (χ1n) is 12.9. The summed E-state index contributed by atoms with van der Waals surface area (Å²) >= 11 is 0. The van der Waals surface area contributed by atoms with Crippen LogP contribution in [0.2, 0.25) is 0 Å². The van der Waals surface area contributed by atoms with Gasteiger partial charge in [0.25, 0.3) is 7.52 Å². The Morgan fingerprint density at radius 1 is 1.03 bits per heavy atom. The Morgan fingerprint density at radius 3 is 2.51 bits per heavy atom. The minimum atomic E-state index is -3.50. The van der Waals surface area contributed by atoms with Crippen LogP contribution in [0.3, 0.4) is 0 Å². The molecule has 0 aromatic carbocycles. The molecule has 2 aromatic heterocycles. The number of aromatic nitrogens is 4. The lowest BCUT2D eigenvalue weighted by Crippen LogP contribution is -2.16. The fourth-order valence-corrected chi connectivity index (χ4v) is 4.61. The lowest BCUT2D eigenvalue weighted by Gasteiger charge is -2.13. The Morgan fingerprint density at radius 2 is 1.74 bits per heavy atom. The van der Waals surface area contributed by atoms with E-state index in [-0.39, 0.29) is 13.0 Å². The number of allylic oxidation sites excluding steroid dienone is 4. The molecule has 1 atom stereocenters. The van der Waals surface area contributed by atoms with Gasteiger partial charge in [0.2, 0.25) is 0 Å². The highest BCUT2D eigenvalue weighted by Crippen LogP contribution is 2.34. The van der Waals surface area contributed by atoms with E-state index in [1.807, 2.05) is 0 Å². The van der Waals surface area contributed by atoms with Crippen LogP contribution in [-0.2, 0) is 15.8 Å². The predicted molar refractivity (Wildman–Crippen MR) is 143 cm³/mol.